The van der Waals surface area contributed by atoms with E-state index in [2.05, 4.69) is 15.0 Å². The molecule has 1 aromatic rings. The highest BCUT2D eigenvalue weighted by atomic mass is 32.2. The summed E-state index contributed by atoms with van der Waals surface area (Å²) in [5.41, 5.74) is -0.0615. The van der Waals surface area contributed by atoms with Crippen molar-refractivity contribution in [2.24, 2.45) is 0 Å². The molecular weight excluding hydrogens is 245 g/mol. The predicted molar refractivity (Wildman–Crippen MR) is 64.8 cm³/mol. The monoisotopic (exact) mass is 261 g/mol. The third-order valence-corrected chi connectivity index (χ3v) is 3.48. The Morgan fingerprint density at radius 2 is 2.18 bits per heavy atom. The average Bonchev–Trinajstić information content (AvgIpc) is 2.28. The molecule has 0 saturated carbocycles. The predicted octanol–water partition coefficient (Wildman–Crippen LogP) is 0.962. The number of anilines is 1. The molecule has 1 rings (SSSR count). The van der Waals surface area contributed by atoms with Crippen LogP contribution in [-0.4, -0.2) is 32.7 Å². The Morgan fingerprint density at radius 1 is 1.41 bits per heavy atom. The normalized spacial score (nSPS) is 11.4. The van der Waals surface area contributed by atoms with Crippen molar-refractivity contribution >= 4 is 15.7 Å². The second kappa shape index (κ2) is 6.51. The molecule has 0 atom stereocenters. The van der Waals surface area contributed by atoms with E-state index in [1.54, 1.807) is 7.05 Å². The number of rotatable bonds is 7. The molecular formula is C10H16FN3O2S. The van der Waals surface area contributed by atoms with Crippen LogP contribution in [0.3, 0.4) is 0 Å². The van der Waals surface area contributed by atoms with Gasteiger partial charge in [-0.05, 0) is 32.5 Å². The van der Waals surface area contributed by atoms with Gasteiger partial charge in [-0.15, -0.1) is 0 Å². The molecule has 0 aromatic carbocycles. The maximum Gasteiger partial charge on any atom is 0.232 e. The highest BCUT2D eigenvalue weighted by Crippen LogP contribution is 2.13. The van der Waals surface area contributed by atoms with Crippen molar-refractivity contribution in [2.45, 2.75) is 12.8 Å². The van der Waals surface area contributed by atoms with E-state index in [0.717, 1.165) is 19.2 Å². The van der Waals surface area contributed by atoms with Crippen LogP contribution in [0.2, 0.25) is 0 Å². The maximum atomic E-state index is 13.2. The molecule has 0 spiro atoms. The standard InChI is InChI=1S/C10H16FN3O2S/c1-12-5-2-3-7-17(15,16)14-10-4-6-13-8-9(10)11/h4,6,8,12H,2-3,5,7H2,1H3,(H,13,14). The van der Waals surface area contributed by atoms with Gasteiger partial charge in [-0.2, -0.15) is 0 Å². The van der Waals surface area contributed by atoms with Crippen LogP contribution >= 0.6 is 0 Å². The van der Waals surface area contributed by atoms with Crippen LogP contribution in [0.4, 0.5) is 10.1 Å². The van der Waals surface area contributed by atoms with Gasteiger partial charge >= 0.3 is 0 Å². The van der Waals surface area contributed by atoms with Crippen LogP contribution in [0.5, 0.6) is 0 Å². The molecule has 0 bridgehead atoms. The smallest absolute Gasteiger partial charge is 0.232 e. The summed E-state index contributed by atoms with van der Waals surface area (Å²) in [6.07, 6.45) is 3.60. The fraction of sp³-hybridized carbons (Fsp3) is 0.500. The van der Waals surface area contributed by atoms with Crippen molar-refractivity contribution < 1.29 is 12.8 Å². The quantitative estimate of drug-likeness (QED) is 0.717. The Bertz CT molecular complexity index is 451. The zero-order valence-corrected chi connectivity index (χ0v) is 10.4. The minimum absolute atomic E-state index is 0.0174. The number of nitrogens with zero attached hydrogens (tertiary/aromatic N) is 1. The molecule has 0 aliphatic rings. The van der Waals surface area contributed by atoms with Crippen LogP contribution in [0.15, 0.2) is 18.5 Å². The summed E-state index contributed by atoms with van der Waals surface area (Å²) >= 11 is 0. The van der Waals surface area contributed by atoms with E-state index in [4.69, 9.17) is 0 Å². The fourth-order valence-electron chi connectivity index (χ4n) is 1.27. The Balaban J connectivity index is 2.52. The van der Waals surface area contributed by atoms with Crippen molar-refractivity contribution in [3.05, 3.63) is 24.3 Å². The highest BCUT2D eigenvalue weighted by molar-refractivity contribution is 7.92. The Labute approximate surface area is 101 Å². The van der Waals surface area contributed by atoms with E-state index in [9.17, 15) is 12.8 Å². The second-order valence-corrected chi connectivity index (χ2v) is 5.43. The summed E-state index contributed by atoms with van der Waals surface area (Å²) in [5.74, 6) is -0.692. The molecule has 0 fully saturated rings. The average molecular weight is 261 g/mol. The lowest BCUT2D eigenvalue weighted by Gasteiger charge is -2.08. The molecule has 96 valence electrons. The number of pyridine rings is 1. The largest absolute Gasteiger partial charge is 0.320 e. The zero-order chi connectivity index (χ0) is 12.7. The van der Waals surface area contributed by atoms with Crippen LogP contribution in [0.1, 0.15) is 12.8 Å². The first kappa shape index (κ1) is 13.9. The topological polar surface area (TPSA) is 71.1 Å². The van der Waals surface area contributed by atoms with Crippen molar-refractivity contribution in [3.8, 4) is 0 Å². The van der Waals surface area contributed by atoms with Gasteiger partial charge in [0.2, 0.25) is 10.0 Å². The second-order valence-electron chi connectivity index (χ2n) is 3.59. The van der Waals surface area contributed by atoms with E-state index in [-0.39, 0.29) is 11.4 Å². The molecule has 1 aromatic heterocycles. The number of halogens is 1. The molecule has 0 amide bonds. The lowest BCUT2D eigenvalue weighted by atomic mass is 10.3. The van der Waals surface area contributed by atoms with Crippen molar-refractivity contribution in [2.75, 3.05) is 24.1 Å². The van der Waals surface area contributed by atoms with Gasteiger partial charge in [0.05, 0.1) is 17.6 Å². The van der Waals surface area contributed by atoms with Crippen LogP contribution in [0, 0.1) is 5.82 Å². The first-order chi connectivity index (χ1) is 8.05. The third kappa shape index (κ3) is 5.10. The lowest BCUT2D eigenvalue weighted by molar-refractivity contribution is 0.592. The molecule has 1 heterocycles. The number of hydrogen-bond acceptors (Lipinski definition) is 4. The summed E-state index contributed by atoms with van der Waals surface area (Å²) in [4.78, 5) is 3.54. The van der Waals surface area contributed by atoms with Crippen LogP contribution in [0.25, 0.3) is 0 Å². The molecule has 5 nitrogen and oxygen atoms in total. The molecule has 0 aliphatic heterocycles. The van der Waals surface area contributed by atoms with Gasteiger partial charge in [0.1, 0.15) is 0 Å². The van der Waals surface area contributed by atoms with Crippen LogP contribution < -0.4 is 10.0 Å². The first-order valence-electron chi connectivity index (χ1n) is 5.30. The first-order valence-corrected chi connectivity index (χ1v) is 6.95. The minimum Gasteiger partial charge on any atom is -0.320 e. The number of unbranched alkanes of at least 4 members (excludes halogenated alkanes) is 1. The fourth-order valence-corrected chi connectivity index (χ4v) is 2.46. The van der Waals surface area contributed by atoms with E-state index in [1.807, 2.05) is 0 Å². The van der Waals surface area contributed by atoms with Gasteiger partial charge < -0.3 is 5.32 Å². The molecule has 0 saturated heterocycles. The molecule has 0 aliphatic carbocycles. The summed E-state index contributed by atoms with van der Waals surface area (Å²) in [6.45, 7) is 0.763. The van der Waals surface area contributed by atoms with Crippen LogP contribution in [-0.2, 0) is 10.0 Å². The van der Waals surface area contributed by atoms with Gasteiger partial charge in [-0.25, -0.2) is 12.8 Å². The van der Waals surface area contributed by atoms with E-state index in [1.165, 1.54) is 12.3 Å². The Hall–Kier alpha value is -1.21. The van der Waals surface area contributed by atoms with Gasteiger partial charge in [0.25, 0.3) is 0 Å². The molecule has 0 unspecified atom stereocenters. The van der Waals surface area contributed by atoms with Gasteiger partial charge in [0, 0.05) is 6.20 Å². The summed E-state index contributed by atoms with van der Waals surface area (Å²) < 4.78 is 38.6. The SMILES string of the molecule is CNCCCCS(=O)(=O)Nc1ccncc1F. The van der Waals surface area contributed by atoms with Gasteiger partial charge in [-0.3, -0.25) is 9.71 Å². The van der Waals surface area contributed by atoms with E-state index < -0.39 is 15.8 Å². The Morgan fingerprint density at radius 3 is 2.82 bits per heavy atom. The van der Waals surface area contributed by atoms with Gasteiger partial charge in [-0.1, -0.05) is 0 Å². The molecule has 17 heavy (non-hydrogen) atoms. The van der Waals surface area contributed by atoms with Crippen molar-refractivity contribution in [3.63, 3.8) is 0 Å². The molecule has 0 radical (unpaired) electrons. The number of aromatic nitrogens is 1. The molecule has 7 heteroatoms. The van der Waals surface area contributed by atoms with Crippen molar-refractivity contribution in [1.29, 1.82) is 0 Å². The highest BCUT2D eigenvalue weighted by Gasteiger charge is 2.12. The number of hydrogen-bond donors (Lipinski definition) is 2. The zero-order valence-electron chi connectivity index (χ0n) is 9.61. The third-order valence-electron chi connectivity index (χ3n) is 2.13. The lowest BCUT2D eigenvalue weighted by Crippen LogP contribution is -2.18. The Kier molecular flexibility index (Phi) is 5.30. The number of nitrogens with one attached hydrogen (secondary N) is 2. The van der Waals surface area contributed by atoms with E-state index >= 15 is 0 Å². The van der Waals surface area contributed by atoms with Crippen molar-refractivity contribution in [1.82, 2.24) is 10.3 Å². The summed E-state index contributed by atoms with van der Waals surface area (Å²) in [5, 5.41) is 2.93. The summed E-state index contributed by atoms with van der Waals surface area (Å²) in [7, 11) is -1.68. The maximum absolute atomic E-state index is 13.2. The van der Waals surface area contributed by atoms with Gasteiger partial charge in [0.15, 0.2) is 5.82 Å². The van der Waals surface area contributed by atoms with E-state index in [0.29, 0.717) is 6.42 Å². The minimum atomic E-state index is -3.48. The summed E-state index contributed by atoms with van der Waals surface area (Å²) in [6, 6.07) is 1.29. The number of sulfonamides is 1. The molecule has 2 N–H and O–H groups in total.